The number of allylic oxidation sites excluding steroid dienone is 2. The topological polar surface area (TPSA) is 79.1 Å². The maximum absolute atomic E-state index is 11.0. The van der Waals surface area contributed by atoms with E-state index in [9.17, 15) is 4.79 Å². The van der Waals surface area contributed by atoms with Crippen LogP contribution in [0, 0.1) is 5.41 Å². The number of nitrogens with one attached hydrogen (secondary N) is 1. The summed E-state index contributed by atoms with van der Waals surface area (Å²) in [6.07, 6.45) is 6.84. The van der Waals surface area contributed by atoms with Crippen LogP contribution in [0.2, 0.25) is 0 Å². The molecule has 3 rings (SSSR count). The monoisotopic (exact) mass is 340 g/mol. The van der Waals surface area contributed by atoms with Crippen molar-refractivity contribution < 1.29 is 9.90 Å². The summed E-state index contributed by atoms with van der Waals surface area (Å²) >= 11 is 0. The van der Waals surface area contributed by atoms with Crippen LogP contribution in [0.1, 0.15) is 51.2 Å². The molecule has 0 aliphatic heterocycles. The zero-order valence-corrected chi connectivity index (χ0v) is 15.4. The van der Waals surface area contributed by atoms with E-state index in [1.807, 2.05) is 6.20 Å². The van der Waals surface area contributed by atoms with Crippen molar-refractivity contribution in [3.63, 3.8) is 0 Å². The third kappa shape index (κ3) is 3.96. The minimum absolute atomic E-state index is 0.341. The number of fused-ring (bicyclic) bond motifs is 1. The Bertz CT molecular complexity index is 830. The van der Waals surface area contributed by atoms with Crippen LogP contribution in [0.3, 0.4) is 0 Å². The second kappa shape index (κ2) is 6.68. The van der Waals surface area contributed by atoms with E-state index in [1.165, 1.54) is 30.4 Å². The molecule has 0 saturated heterocycles. The van der Waals surface area contributed by atoms with E-state index in [-0.39, 0.29) is 0 Å². The lowest BCUT2D eigenvalue weighted by molar-refractivity contribution is -0.138. The Balaban J connectivity index is 1.80. The van der Waals surface area contributed by atoms with Gasteiger partial charge in [0.05, 0.1) is 0 Å². The van der Waals surface area contributed by atoms with Crippen LogP contribution in [0.5, 0.6) is 0 Å². The molecular weight excluding hydrogens is 312 g/mol. The van der Waals surface area contributed by atoms with Crippen molar-refractivity contribution in [2.24, 2.45) is 11.1 Å². The van der Waals surface area contributed by atoms with Crippen LogP contribution in [-0.4, -0.2) is 22.1 Å². The van der Waals surface area contributed by atoms with Crippen molar-refractivity contribution in [2.75, 3.05) is 0 Å². The number of aliphatic carboxylic acids is 1. The number of carbonyl (C=O) groups is 1. The maximum atomic E-state index is 11.0. The van der Waals surface area contributed by atoms with Gasteiger partial charge in [-0.3, -0.25) is 4.79 Å². The molecule has 1 aromatic carbocycles. The van der Waals surface area contributed by atoms with Gasteiger partial charge in [-0.25, -0.2) is 0 Å². The van der Waals surface area contributed by atoms with Crippen molar-refractivity contribution in [3.05, 3.63) is 46.7 Å². The van der Waals surface area contributed by atoms with Gasteiger partial charge >= 0.3 is 5.97 Å². The van der Waals surface area contributed by atoms with E-state index < -0.39 is 12.0 Å². The van der Waals surface area contributed by atoms with Crippen molar-refractivity contribution in [1.82, 2.24) is 4.98 Å². The predicted octanol–water partition coefficient (Wildman–Crippen LogP) is 4.19. The van der Waals surface area contributed by atoms with Crippen molar-refractivity contribution in [3.8, 4) is 0 Å². The second-order valence-electron chi connectivity index (χ2n) is 8.24. The lowest BCUT2D eigenvalue weighted by atomic mass is 9.74. The fourth-order valence-electron chi connectivity index (χ4n) is 3.96. The molecule has 1 atom stereocenters. The summed E-state index contributed by atoms with van der Waals surface area (Å²) in [7, 11) is 0. The summed E-state index contributed by atoms with van der Waals surface area (Å²) in [5.74, 6) is -0.964. The molecule has 1 aliphatic rings. The Morgan fingerprint density at radius 1 is 1.40 bits per heavy atom. The van der Waals surface area contributed by atoms with Crippen LogP contribution in [0.15, 0.2) is 35.5 Å². The molecule has 4 nitrogen and oxygen atoms in total. The summed E-state index contributed by atoms with van der Waals surface area (Å²) < 4.78 is 0. The highest BCUT2D eigenvalue weighted by molar-refractivity contribution is 5.85. The summed E-state index contributed by atoms with van der Waals surface area (Å²) in [5, 5.41) is 10.1. The van der Waals surface area contributed by atoms with Gasteiger partial charge < -0.3 is 15.8 Å². The molecule has 25 heavy (non-hydrogen) atoms. The molecule has 1 aliphatic carbocycles. The molecule has 1 aromatic heterocycles. The number of hydrogen-bond acceptors (Lipinski definition) is 2. The van der Waals surface area contributed by atoms with Crippen LogP contribution in [0.25, 0.3) is 10.9 Å². The smallest absolute Gasteiger partial charge is 0.320 e. The molecule has 4 N–H and O–H groups in total. The van der Waals surface area contributed by atoms with Crippen molar-refractivity contribution in [1.29, 1.82) is 0 Å². The molecule has 0 unspecified atom stereocenters. The number of carboxylic acid groups (broad SMARTS) is 1. The largest absolute Gasteiger partial charge is 0.480 e. The molecule has 0 spiro atoms. The fraction of sp³-hybridized carbons (Fsp3) is 0.476. The van der Waals surface area contributed by atoms with Crippen molar-refractivity contribution >= 4 is 16.9 Å². The third-order valence-electron chi connectivity index (χ3n) is 5.46. The Hall–Kier alpha value is -2.07. The van der Waals surface area contributed by atoms with Gasteiger partial charge in [-0.2, -0.15) is 0 Å². The highest BCUT2D eigenvalue weighted by Crippen LogP contribution is 2.39. The number of hydrogen-bond donors (Lipinski definition) is 3. The van der Waals surface area contributed by atoms with Gasteiger partial charge in [0.15, 0.2) is 0 Å². The first-order chi connectivity index (χ1) is 11.7. The predicted molar refractivity (Wildman–Crippen MR) is 102 cm³/mol. The Labute approximate surface area is 149 Å². The zero-order valence-electron chi connectivity index (χ0n) is 15.4. The van der Waals surface area contributed by atoms with Gasteiger partial charge in [-0.05, 0) is 55.2 Å². The minimum atomic E-state index is -0.964. The molecule has 1 heterocycles. The average molecular weight is 340 g/mol. The minimum Gasteiger partial charge on any atom is -0.480 e. The third-order valence-corrected chi connectivity index (χ3v) is 5.46. The van der Waals surface area contributed by atoms with E-state index in [4.69, 9.17) is 10.8 Å². The number of aromatic amines is 1. The molecule has 134 valence electrons. The van der Waals surface area contributed by atoms with Crippen LogP contribution in [0.4, 0.5) is 0 Å². The normalized spacial score (nSPS) is 18.6. The summed E-state index contributed by atoms with van der Waals surface area (Å²) in [6, 6.07) is 5.57. The van der Waals surface area contributed by atoms with Gasteiger partial charge in [0.1, 0.15) is 6.04 Å². The number of nitrogens with two attached hydrogens (primary N) is 1. The van der Waals surface area contributed by atoms with Gasteiger partial charge in [0.25, 0.3) is 0 Å². The first-order valence-electron chi connectivity index (χ1n) is 9.00. The van der Waals surface area contributed by atoms with Gasteiger partial charge in [0, 0.05) is 23.5 Å². The number of benzene rings is 1. The molecule has 4 heteroatoms. The van der Waals surface area contributed by atoms with E-state index in [0.29, 0.717) is 11.8 Å². The van der Waals surface area contributed by atoms with E-state index in [0.717, 1.165) is 22.9 Å². The lowest BCUT2D eigenvalue weighted by Crippen LogP contribution is -2.32. The van der Waals surface area contributed by atoms with Crippen LogP contribution in [-0.2, 0) is 17.6 Å². The van der Waals surface area contributed by atoms with Crippen molar-refractivity contribution in [2.45, 2.75) is 58.9 Å². The summed E-state index contributed by atoms with van der Waals surface area (Å²) in [6.45, 7) is 6.97. The van der Waals surface area contributed by atoms with Crippen LogP contribution >= 0.6 is 0 Å². The number of rotatable bonds is 5. The zero-order chi connectivity index (χ0) is 18.2. The Morgan fingerprint density at radius 3 is 2.84 bits per heavy atom. The van der Waals surface area contributed by atoms with Gasteiger partial charge in [-0.1, -0.05) is 37.1 Å². The first kappa shape index (κ1) is 17.7. The average Bonchev–Trinajstić information content (AvgIpc) is 2.92. The number of aromatic nitrogens is 1. The molecule has 0 radical (unpaired) electrons. The van der Waals surface area contributed by atoms with E-state index in [2.05, 4.69) is 44.0 Å². The second-order valence-corrected chi connectivity index (χ2v) is 8.24. The molecule has 0 fully saturated rings. The lowest BCUT2D eigenvalue weighted by Gasteiger charge is -2.32. The molecule has 0 saturated carbocycles. The summed E-state index contributed by atoms with van der Waals surface area (Å²) in [5.41, 5.74) is 12.5. The number of carboxylic acids is 1. The highest BCUT2D eigenvalue weighted by Gasteiger charge is 2.25. The molecular formula is C21H28N2O2. The molecule has 2 aromatic rings. The van der Waals surface area contributed by atoms with Gasteiger partial charge in [0.2, 0.25) is 0 Å². The SMILES string of the molecule is CC1=C(Cc2ccc3c(C[C@H](N)C(=O)O)c[nH]c3c2)CCC(C)(C)C1. The standard InChI is InChI=1S/C21H28N2O2/c1-13-11-21(2,3)7-6-15(13)8-14-4-5-17-16(10-18(22)20(24)25)12-23-19(17)9-14/h4-5,9,12,18,23H,6-8,10-11,22H2,1-3H3,(H,24,25)/t18-/m0/s1. The Morgan fingerprint density at radius 2 is 2.16 bits per heavy atom. The first-order valence-corrected chi connectivity index (χ1v) is 9.00. The van der Waals surface area contributed by atoms with Crippen LogP contribution < -0.4 is 5.73 Å². The highest BCUT2D eigenvalue weighted by atomic mass is 16.4. The fourth-order valence-corrected chi connectivity index (χ4v) is 3.96. The van der Waals surface area contributed by atoms with E-state index in [1.54, 1.807) is 5.57 Å². The summed E-state index contributed by atoms with van der Waals surface area (Å²) in [4.78, 5) is 14.2. The van der Waals surface area contributed by atoms with Gasteiger partial charge in [-0.15, -0.1) is 0 Å². The molecule has 0 amide bonds. The molecule has 0 bridgehead atoms. The quantitative estimate of drug-likeness (QED) is 0.714. The maximum Gasteiger partial charge on any atom is 0.320 e. The number of H-pyrrole nitrogens is 1. The Kier molecular flexibility index (Phi) is 4.74. The van der Waals surface area contributed by atoms with E-state index >= 15 is 0 Å².